The summed E-state index contributed by atoms with van der Waals surface area (Å²) >= 11 is 3.42. The smallest absolute Gasteiger partial charge is 0.0313 e. The summed E-state index contributed by atoms with van der Waals surface area (Å²) in [5, 5.41) is 3.25. The lowest BCUT2D eigenvalue weighted by atomic mass is 9.93. The van der Waals surface area contributed by atoms with E-state index in [4.69, 9.17) is 5.73 Å². The monoisotopic (exact) mass is 256 g/mol. The topological polar surface area (TPSA) is 38.0 Å². The van der Waals surface area contributed by atoms with E-state index in [-0.39, 0.29) is 5.54 Å². The molecule has 3 heteroatoms. The van der Waals surface area contributed by atoms with E-state index < -0.39 is 0 Å². The number of hydrogen-bond donors (Lipinski definition) is 2. The van der Waals surface area contributed by atoms with Crippen LogP contribution in [0.2, 0.25) is 0 Å². The minimum Gasteiger partial charge on any atom is -0.329 e. The first kappa shape index (κ1) is 11.7. The Balaban J connectivity index is 2.72. The normalized spacial score (nSPS) is 15.1. The Labute approximate surface area is 94.0 Å². The second kappa shape index (κ2) is 4.91. The van der Waals surface area contributed by atoms with Crippen LogP contribution in [0.3, 0.4) is 0 Å². The Hall–Kier alpha value is -0.380. The van der Waals surface area contributed by atoms with Crippen molar-refractivity contribution in [2.75, 3.05) is 13.6 Å². The van der Waals surface area contributed by atoms with Crippen molar-refractivity contribution >= 4 is 15.9 Å². The van der Waals surface area contributed by atoms with Crippen molar-refractivity contribution in [2.45, 2.75) is 18.9 Å². The summed E-state index contributed by atoms with van der Waals surface area (Å²) in [5.74, 6) is 0. The third kappa shape index (κ3) is 3.08. The van der Waals surface area contributed by atoms with E-state index in [0.29, 0.717) is 6.54 Å². The van der Waals surface area contributed by atoms with Gasteiger partial charge in [0.05, 0.1) is 0 Å². The van der Waals surface area contributed by atoms with Gasteiger partial charge in [0.1, 0.15) is 0 Å². The van der Waals surface area contributed by atoms with Crippen molar-refractivity contribution in [3.8, 4) is 0 Å². The van der Waals surface area contributed by atoms with Crippen molar-refractivity contribution in [1.29, 1.82) is 0 Å². The van der Waals surface area contributed by atoms with Crippen molar-refractivity contribution in [3.63, 3.8) is 0 Å². The van der Waals surface area contributed by atoms with Gasteiger partial charge in [0, 0.05) is 16.6 Å². The Kier molecular flexibility index (Phi) is 4.11. The highest BCUT2D eigenvalue weighted by molar-refractivity contribution is 9.10. The van der Waals surface area contributed by atoms with E-state index in [0.717, 1.165) is 10.9 Å². The summed E-state index contributed by atoms with van der Waals surface area (Å²) in [4.78, 5) is 0. The molecule has 3 N–H and O–H groups in total. The van der Waals surface area contributed by atoms with Gasteiger partial charge in [-0.05, 0) is 38.1 Å². The zero-order valence-corrected chi connectivity index (χ0v) is 10.3. The first-order valence-corrected chi connectivity index (χ1v) is 5.52. The molecule has 78 valence electrons. The molecule has 0 fully saturated rings. The summed E-state index contributed by atoms with van der Waals surface area (Å²) < 4.78 is 1.11. The number of halogens is 1. The zero-order chi connectivity index (χ0) is 10.6. The Morgan fingerprint density at radius 1 is 1.36 bits per heavy atom. The van der Waals surface area contributed by atoms with Gasteiger partial charge in [0.2, 0.25) is 0 Å². The minimum atomic E-state index is -0.00612. The zero-order valence-electron chi connectivity index (χ0n) is 8.68. The molecule has 0 radical (unpaired) electrons. The Morgan fingerprint density at radius 3 is 2.36 bits per heavy atom. The Bertz CT molecular complexity index is 278. The molecule has 1 aromatic carbocycles. The highest BCUT2D eigenvalue weighted by atomic mass is 79.9. The van der Waals surface area contributed by atoms with Crippen LogP contribution in [0.25, 0.3) is 0 Å². The van der Waals surface area contributed by atoms with Gasteiger partial charge in [-0.25, -0.2) is 0 Å². The molecule has 0 aromatic heterocycles. The van der Waals surface area contributed by atoms with Crippen molar-refractivity contribution in [2.24, 2.45) is 5.73 Å². The fourth-order valence-corrected chi connectivity index (χ4v) is 1.58. The van der Waals surface area contributed by atoms with E-state index in [1.54, 1.807) is 0 Å². The molecule has 0 spiro atoms. The first-order chi connectivity index (χ1) is 6.59. The molecule has 0 saturated heterocycles. The van der Waals surface area contributed by atoms with Gasteiger partial charge in [0.25, 0.3) is 0 Å². The molecule has 0 aliphatic carbocycles. The first-order valence-electron chi connectivity index (χ1n) is 4.73. The van der Waals surface area contributed by atoms with Gasteiger partial charge in [-0.3, -0.25) is 0 Å². The SMILES string of the molecule is CNC(C)(CN)Cc1ccc(Br)cc1. The van der Waals surface area contributed by atoms with Crippen LogP contribution in [-0.2, 0) is 6.42 Å². The van der Waals surface area contributed by atoms with E-state index in [9.17, 15) is 0 Å². The summed E-state index contributed by atoms with van der Waals surface area (Å²) in [5.41, 5.74) is 7.02. The highest BCUT2D eigenvalue weighted by Crippen LogP contribution is 2.15. The number of likely N-dealkylation sites (N-methyl/N-ethyl adjacent to an activating group) is 1. The Morgan fingerprint density at radius 2 is 1.93 bits per heavy atom. The summed E-state index contributed by atoms with van der Waals surface area (Å²) in [6.07, 6.45) is 0.952. The molecule has 0 aliphatic rings. The maximum Gasteiger partial charge on any atom is 0.0313 e. The lowest BCUT2D eigenvalue weighted by molar-refractivity contribution is 0.392. The molecule has 14 heavy (non-hydrogen) atoms. The number of hydrogen-bond acceptors (Lipinski definition) is 2. The number of nitrogens with two attached hydrogens (primary N) is 1. The molecule has 0 saturated carbocycles. The fourth-order valence-electron chi connectivity index (χ4n) is 1.32. The number of rotatable bonds is 4. The maximum absolute atomic E-state index is 5.72. The molecule has 1 atom stereocenters. The molecule has 0 bridgehead atoms. The fraction of sp³-hybridized carbons (Fsp3) is 0.455. The molecule has 0 heterocycles. The van der Waals surface area contributed by atoms with Crippen LogP contribution < -0.4 is 11.1 Å². The maximum atomic E-state index is 5.72. The van der Waals surface area contributed by atoms with Gasteiger partial charge in [-0.15, -0.1) is 0 Å². The number of benzene rings is 1. The van der Waals surface area contributed by atoms with Gasteiger partial charge in [-0.1, -0.05) is 28.1 Å². The summed E-state index contributed by atoms with van der Waals surface area (Å²) in [6, 6.07) is 8.36. The van der Waals surface area contributed by atoms with E-state index in [2.05, 4.69) is 52.4 Å². The highest BCUT2D eigenvalue weighted by Gasteiger charge is 2.19. The largest absolute Gasteiger partial charge is 0.329 e. The second-order valence-corrected chi connectivity index (χ2v) is 4.73. The van der Waals surface area contributed by atoms with E-state index in [1.165, 1.54) is 5.56 Å². The van der Waals surface area contributed by atoms with Crippen LogP contribution in [0.4, 0.5) is 0 Å². The van der Waals surface area contributed by atoms with Crippen LogP contribution in [0, 0.1) is 0 Å². The molecule has 0 amide bonds. The third-order valence-corrected chi connectivity index (χ3v) is 3.09. The minimum absolute atomic E-state index is 0.00612. The quantitative estimate of drug-likeness (QED) is 0.865. The van der Waals surface area contributed by atoms with Crippen LogP contribution in [0.5, 0.6) is 0 Å². The van der Waals surface area contributed by atoms with Crippen LogP contribution in [0.15, 0.2) is 28.7 Å². The third-order valence-electron chi connectivity index (χ3n) is 2.56. The van der Waals surface area contributed by atoms with Crippen LogP contribution in [0.1, 0.15) is 12.5 Å². The van der Waals surface area contributed by atoms with Crippen LogP contribution >= 0.6 is 15.9 Å². The standard InChI is InChI=1S/C11H17BrN2/c1-11(8-13,14-2)7-9-3-5-10(12)6-4-9/h3-6,14H,7-8,13H2,1-2H3. The van der Waals surface area contributed by atoms with Crippen molar-refractivity contribution in [1.82, 2.24) is 5.32 Å². The van der Waals surface area contributed by atoms with Crippen LogP contribution in [-0.4, -0.2) is 19.1 Å². The predicted molar refractivity (Wildman–Crippen MR) is 64.4 cm³/mol. The molecule has 1 aromatic rings. The summed E-state index contributed by atoms with van der Waals surface area (Å²) in [7, 11) is 1.95. The lowest BCUT2D eigenvalue weighted by Gasteiger charge is -2.27. The van der Waals surface area contributed by atoms with E-state index >= 15 is 0 Å². The second-order valence-electron chi connectivity index (χ2n) is 3.82. The molecule has 2 nitrogen and oxygen atoms in total. The van der Waals surface area contributed by atoms with Crippen molar-refractivity contribution < 1.29 is 0 Å². The average Bonchev–Trinajstić information content (AvgIpc) is 2.21. The predicted octanol–water partition coefficient (Wildman–Crippen LogP) is 1.93. The molecular weight excluding hydrogens is 240 g/mol. The average molecular weight is 257 g/mol. The van der Waals surface area contributed by atoms with E-state index in [1.807, 2.05) is 7.05 Å². The summed E-state index contributed by atoms with van der Waals surface area (Å²) in [6.45, 7) is 2.77. The number of nitrogens with one attached hydrogen (secondary N) is 1. The molecular formula is C11H17BrN2. The molecule has 1 rings (SSSR count). The van der Waals surface area contributed by atoms with Crippen molar-refractivity contribution in [3.05, 3.63) is 34.3 Å². The molecule has 0 aliphatic heterocycles. The van der Waals surface area contributed by atoms with Gasteiger partial charge < -0.3 is 11.1 Å². The van der Waals surface area contributed by atoms with Gasteiger partial charge in [0.15, 0.2) is 0 Å². The lowest BCUT2D eigenvalue weighted by Crippen LogP contribution is -2.48. The van der Waals surface area contributed by atoms with Gasteiger partial charge in [-0.2, -0.15) is 0 Å². The molecule has 1 unspecified atom stereocenters. The van der Waals surface area contributed by atoms with Gasteiger partial charge >= 0.3 is 0 Å².